The lowest BCUT2D eigenvalue weighted by Gasteiger charge is -2.14. The number of benzene rings is 1. The molecular formula is C23H26N4O2S. The van der Waals surface area contributed by atoms with Crippen molar-refractivity contribution in [2.24, 2.45) is 0 Å². The molecule has 0 radical (unpaired) electrons. The number of pyridine rings is 1. The Kier molecular flexibility index (Phi) is 6.81. The molecule has 7 heteroatoms. The van der Waals surface area contributed by atoms with Gasteiger partial charge in [-0.3, -0.25) is 9.69 Å². The van der Waals surface area contributed by atoms with Crippen molar-refractivity contribution in [3.63, 3.8) is 0 Å². The van der Waals surface area contributed by atoms with Gasteiger partial charge in [0.2, 0.25) is 0 Å². The lowest BCUT2D eigenvalue weighted by atomic mass is 10.1. The summed E-state index contributed by atoms with van der Waals surface area (Å²) in [5, 5.41) is 7.70. The topological polar surface area (TPSA) is 71.3 Å². The molecule has 0 bridgehead atoms. The summed E-state index contributed by atoms with van der Waals surface area (Å²) < 4.78 is 5.10. The number of hydrogen-bond acceptors (Lipinski definition) is 6. The molecule has 4 rings (SSSR count). The van der Waals surface area contributed by atoms with Crippen LogP contribution in [-0.2, 0) is 18.8 Å². The molecule has 1 fully saturated rings. The van der Waals surface area contributed by atoms with Crippen molar-refractivity contribution >= 4 is 17.7 Å². The zero-order valence-corrected chi connectivity index (χ0v) is 18.0. The highest BCUT2D eigenvalue weighted by molar-refractivity contribution is 7.98. The lowest BCUT2D eigenvalue weighted by Crippen LogP contribution is -2.23. The quantitative estimate of drug-likeness (QED) is 0.549. The van der Waals surface area contributed by atoms with E-state index in [1.807, 2.05) is 13.0 Å². The summed E-state index contributed by atoms with van der Waals surface area (Å²) in [6.45, 7) is 5.75. The Labute approximate surface area is 181 Å². The number of nitrogens with one attached hydrogen (secondary N) is 1. The van der Waals surface area contributed by atoms with E-state index in [1.54, 1.807) is 18.3 Å². The van der Waals surface area contributed by atoms with Gasteiger partial charge in [-0.2, -0.15) is 0 Å². The minimum Gasteiger partial charge on any atom is -0.361 e. The first-order valence-electron chi connectivity index (χ1n) is 10.3. The van der Waals surface area contributed by atoms with E-state index in [0.717, 1.165) is 23.6 Å². The number of hydrogen-bond donors (Lipinski definition) is 1. The number of nitrogens with zero attached hydrogens (tertiary/aromatic N) is 3. The van der Waals surface area contributed by atoms with Gasteiger partial charge in [-0.15, -0.1) is 0 Å². The number of amides is 1. The number of thioether (sulfide) groups is 1. The number of aryl methyl sites for hydroxylation is 1. The molecule has 0 unspecified atom stereocenters. The summed E-state index contributed by atoms with van der Waals surface area (Å²) in [4.78, 5) is 19.6. The molecule has 1 N–H and O–H groups in total. The smallest absolute Gasteiger partial charge is 0.254 e. The van der Waals surface area contributed by atoms with E-state index in [4.69, 9.17) is 4.52 Å². The second-order valence-electron chi connectivity index (χ2n) is 7.56. The Hall–Kier alpha value is -2.64. The second-order valence-corrected chi connectivity index (χ2v) is 8.52. The van der Waals surface area contributed by atoms with Gasteiger partial charge in [-0.1, -0.05) is 41.2 Å². The molecule has 2 aromatic heterocycles. The molecule has 0 aliphatic carbocycles. The number of rotatable bonds is 8. The first kappa shape index (κ1) is 20.6. The summed E-state index contributed by atoms with van der Waals surface area (Å²) in [5.74, 6) is 1.26. The summed E-state index contributed by atoms with van der Waals surface area (Å²) in [6, 6.07) is 14.0. The summed E-state index contributed by atoms with van der Waals surface area (Å²) in [5.41, 5.74) is 3.82. The third-order valence-electron chi connectivity index (χ3n) is 5.13. The van der Waals surface area contributed by atoms with E-state index >= 15 is 0 Å². The van der Waals surface area contributed by atoms with E-state index < -0.39 is 0 Å². The van der Waals surface area contributed by atoms with Gasteiger partial charge < -0.3 is 9.84 Å². The van der Waals surface area contributed by atoms with Gasteiger partial charge >= 0.3 is 0 Å². The van der Waals surface area contributed by atoms with Crippen LogP contribution < -0.4 is 5.32 Å². The van der Waals surface area contributed by atoms with Gasteiger partial charge in [-0.25, -0.2) is 4.98 Å². The predicted molar refractivity (Wildman–Crippen MR) is 117 cm³/mol. The van der Waals surface area contributed by atoms with Gasteiger partial charge in [0.05, 0.1) is 11.3 Å². The average molecular weight is 423 g/mol. The van der Waals surface area contributed by atoms with Gasteiger partial charge in [0.1, 0.15) is 10.8 Å². The van der Waals surface area contributed by atoms with Crippen LogP contribution in [-0.4, -0.2) is 34.0 Å². The van der Waals surface area contributed by atoms with Gasteiger partial charge in [0.25, 0.3) is 5.91 Å². The summed E-state index contributed by atoms with van der Waals surface area (Å²) in [7, 11) is 0. The number of carbonyl (C=O) groups excluding carboxylic acids is 1. The van der Waals surface area contributed by atoms with Crippen molar-refractivity contribution in [2.45, 2.75) is 43.6 Å². The average Bonchev–Trinajstić information content (AvgIpc) is 3.43. The van der Waals surface area contributed by atoms with Crippen LogP contribution in [0.5, 0.6) is 0 Å². The van der Waals surface area contributed by atoms with Crippen LogP contribution in [0.25, 0.3) is 0 Å². The largest absolute Gasteiger partial charge is 0.361 e. The van der Waals surface area contributed by atoms with Crippen molar-refractivity contribution < 1.29 is 9.32 Å². The van der Waals surface area contributed by atoms with E-state index in [2.05, 4.69) is 44.6 Å². The Morgan fingerprint density at radius 1 is 1.17 bits per heavy atom. The SMILES string of the molecule is Cc1cc(CSc2ncccc2C(=O)NCc2ccc(CN3CCCC3)cc2)no1. The van der Waals surface area contributed by atoms with Crippen LogP contribution in [0.2, 0.25) is 0 Å². The molecule has 0 spiro atoms. The first-order chi connectivity index (χ1) is 14.7. The van der Waals surface area contributed by atoms with E-state index in [9.17, 15) is 4.79 Å². The van der Waals surface area contributed by atoms with Crippen LogP contribution >= 0.6 is 11.8 Å². The third-order valence-corrected chi connectivity index (χ3v) is 6.17. The fourth-order valence-corrected chi connectivity index (χ4v) is 4.42. The predicted octanol–water partition coefficient (Wildman–Crippen LogP) is 4.20. The van der Waals surface area contributed by atoms with Gasteiger partial charge in [-0.05, 0) is 56.1 Å². The van der Waals surface area contributed by atoms with Crippen molar-refractivity contribution in [1.29, 1.82) is 0 Å². The number of likely N-dealkylation sites (tertiary alicyclic amines) is 1. The molecule has 0 atom stereocenters. The third kappa shape index (κ3) is 5.49. The Balaban J connectivity index is 1.32. The van der Waals surface area contributed by atoms with Crippen LogP contribution in [0.15, 0.2) is 58.2 Å². The van der Waals surface area contributed by atoms with Crippen LogP contribution in [0.3, 0.4) is 0 Å². The molecule has 1 aromatic carbocycles. The highest BCUT2D eigenvalue weighted by atomic mass is 32.2. The molecule has 30 heavy (non-hydrogen) atoms. The minimum absolute atomic E-state index is 0.122. The molecule has 3 heterocycles. The van der Waals surface area contributed by atoms with Crippen molar-refractivity contribution in [3.8, 4) is 0 Å². The van der Waals surface area contributed by atoms with E-state index in [1.165, 1.54) is 43.3 Å². The highest BCUT2D eigenvalue weighted by Crippen LogP contribution is 2.24. The molecule has 1 aliphatic rings. The fraction of sp³-hybridized carbons (Fsp3) is 0.348. The zero-order valence-electron chi connectivity index (χ0n) is 17.1. The zero-order chi connectivity index (χ0) is 20.8. The highest BCUT2D eigenvalue weighted by Gasteiger charge is 2.14. The Bertz CT molecular complexity index is 981. The number of carbonyl (C=O) groups is 1. The molecule has 0 saturated carbocycles. The summed E-state index contributed by atoms with van der Waals surface area (Å²) in [6.07, 6.45) is 4.31. The maximum absolute atomic E-state index is 12.7. The Morgan fingerprint density at radius 3 is 2.67 bits per heavy atom. The lowest BCUT2D eigenvalue weighted by molar-refractivity contribution is 0.0947. The molecular weight excluding hydrogens is 396 g/mol. The number of aromatic nitrogens is 2. The standard InChI is InChI=1S/C23H26N4O2S/c1-17-13-20(26-29-17)16-30-23-21(5-4-10-24-23)22(28)25-14-18-6-8-19(9-7-18)15-27-11-2-3-12-27/h4-10,13H,2-3,11-12,14-16H2,1H3,(H,25,28). The van der Waals surface area contributed by atoms with Crippen molar-refractivity contribution in [2.75, 3.05) is 13.1 Å². The normalized spacial score (nSPS) is 14.2. The van der Waals surface area contributed by atoms with Crippen LogP contribution in [0.4, 0.5) is 0 Å². The van der Waals surface area contributed by atoms with E-state index in [0.29, 0.717) is 22.9 Å². The summed E-state index contributed by atoms with van der Waals surface area (Å²) >= 11 is 1.48. The molecule has 1 saturated heterocycles. The van der Waals surface area contributed by atoms with Crippen LogP contribution in [0.1, 0.15) is 45.8 Å². The maximum atomic E-state index is 12.7. The van der Waals surface area contributed by atoms with Gasteiger partial charge in [0.15, 0.2) is 0 Å². The molecule has 156 valence electrons. The fourth-order valence-electron chi connectivity index (χ4n) is 3.55. The molecule has 1 amide bonds. The molecule has 3 aromatic rings. The van der Waals surface area contributed by atoms with Crippen LogP contribution in [0, 0.1) is 6.92 Å². The van der Waals surface area contributed by atoms with Crippen molar-refractivity contribution in [3.05, 3.63) is 76.8 Å². The Morgan fingerprint density at radius 2 is 1.93 bits per heavy atom. The molecule has 1 aliphatic heterocycles. The second kappa shape index (κ2) is 9.91. The van der Waals surface area contributed by atoms with Gasteiger partial charge in [0, 0.05) is 31.1 Å². The van der Waals surface area contributed by atoms with Crippen molar-refractivity contribution in [1.82, 2.24) is 20.4 Å². The minimum atomic E-state index is -0.122. The first-order valence-corrected chi connectivity index (χ1v) is 11.2. The molecule has 6 nitrogen and oxygen atoms in total. The maximum Gasteiger partial charge on any atom is 0.254 e. The monoisotopic (exact) mass is 422 g/mol. The van der Waals surface area contributed by atoms with E-state index in [-0.39, 0.29) is 5.91 Å².